The fraction of sp³-hybridized carbons (Fsp3) is 0.588. The molecule has 1 aromatic rings. The summed E-state index contributed by atoms with van der Waals surface area (Å²) >= 11 is 0. The third-order valence-electron chi connectivity index (χ3n) is 2.68. The Kier molecular flexibility index (Phi) is 14.2. The number of hydrogen-bond donors (Lipinski definition) is 1. The van der Waals surface area contributed by atoms with Crippen LogP contribution in [0.1, 0.15) is 6.92 Å². The topological polar surface area (TPSA) is 92.7 Å². The minimum absolute atomic E-state index is 0.333. The van der Waals surface area contributed by atoms with E-state index in [2.05, 4.69) is 4.74 Å². The molecule has 8 nitrogen and oxygen atoms in total. The van der Waals surface area contributed by atoms with Gasteiger partial charge in [0.05, 0.1) is 26.9 Å². The molecule has 0 amide bonds. The van der Waals surface area contributed by atoms with Gasteiger partial charge in [-0.2, -0.15) is 0 Å². The Morgan fingerprint density at radius 3 is 2.04 bits per heavy atom. The lowest BCUT2D eigenvalue weighted by Gasteiger charge is -2.15. The smallest absolute Gasteiger partial charge is 0.331 e. The van der Waals surface area contributed by atoms with Gasteiger partial charge in [-0.1, -0.05) is 6.07 Å². The molecule has 0 atom stereocenters. The first-order valence-corrected chi connectivity index (χ1v) is 7.81. The largest absolute Gasteiger partial charge is 0.493 e. The number of carbonyl (C=O) groups is 1. The molecule has 0 heterocycles. The summed E-state index contributed by atoms with van der Waals surface area (Å²) in [5.41, 5.74) is 0. The van der Waals surface area contributed by atoms with Crippen molar-refractivity contribution in [3.8, 4) is 17.2 Å². The maximum absolute atomic E-state index is 9.94. The normalized spacial score (nSPS) is 9.64. The van der Waals surface area contributed by atoms with E-state index in [0.29, 0.717) is 50.3 Å². The van der Waals surface area contributed by atoms with Crippen molar-refractivity contribution >= 4 is 5.97 Å². The van der Waals surface area contributed by atoms with E-state index < -0.39 is 12.6 Å². The van der Waals surface area contributed by atoms with E-state index in [9.17, 15) is 4.79 Å². The molecule has 1 rings (SSSR count). The molecule has 144 valence electrons. The minimum Gasteiger partial charge on any atom is -0.493 e. The second-order valence-electron chi connectivity index (χ2n) is 4.43. The zero-order chi connectivity index (χ0) is 18.9. The van der Waals surface area contributed by atoms with E-state index in [1.165, 1.54) is 0 Å². The van der Waals surface area contributed by atoms with Gasteiger partial charge >= 0.3 is 5.97 Å². The summed E-state index contributed by atoms with van der Waals surface area (Å²) in [6.45, 7) is 3.44. The summed E-state index contributed by atoms with van der Waals surface area (Å²) < 4.78 is 30.6. The third-order valence-corrected chi connectivity index (χ3v) is 2.68. The van der Waals surface area contributed by atoms with Gasteiger partial charge < -0.3 is 33.5 Å². The quantitative estimate of drug-likeness (QED) is 0.466. The van der Waals surface area contributed by atoms with Gasteiger partial charge in [0.25, 0.3) is 0 Å². The molecule has 0 aliphatic rings. The Morgan fingerprint density at radius 2 is 1.56 bits per heavy atom. The molecule has 1 N–H and O–H groups in total. The van der Waals surface area contributed by atoms with Gasteiger partial charge in [-0.15, -0.1) is 0 Å². The molecule has 8 heteroatoms. The van der Waals surface area contributed by atoms with E-state index in [4.69, 9.17) is 28.8 Å². The van der Waals surface area contributed by atoms with E-state index in [-0.39, 0.29) is 0 Å². The van der Waals surface area contributed by atoms with Crippen LogP contribution in [0.2, 0.25) is 0 Å². The first-order chi connectivity index (χ1) is 12.1. The zero-order valence-corrected chi connectivity index (χ0v) is 15.3. The predicted molar refractivity (Wildman–Crippen MR) is 91.5 cm³/mol. The Morgan fingerprint density at radius 1 is 0.960 bits per heavy atom. The molecule has 0 radical (unpaired) electrons. The number of hydrogen-bond acceptors (Lipinski definition) is 8. The molecule has 0 saturated carbocycles. The fourth-order valence-corrected chi connectivity index (χ4v) is 1.58. The monoisotopic (exact) mass is 360 g/mol. The molecule has 0 aliphatic heterocycles. The number of esters is 1. The maximum Gasteiger partial charge on any atom is 0.331 e. The second kappa shape index (κ2) is 15.5. The molecular formula is C17H28O8. The van der Waals surface area contributed by atoms with E-state index in [1.54, 1.807) is 28.3 Å². The first kappa shape index (κ1) is 23.0. The van der Waals surface area contributed by atoms with Crippen LogP contribution in [0, 0.1) is 0 Å². The standard InChI is InChI=1S/C13H20O5.C4H8O3/c1-14-7-9-17-12-6-4-5-11(16-3)13(12)18-10-8-15-2;1-2-7-4(6)3-5/h4-6H,7-10H2,1-3H3;5H,2-3H2,1H3. The summed E-state index contributed by atoms with van der Waals surface area (Å²) in [5.74, 6) is 1.30. The number of aliphatic hydroxyl groups excluding tert-OH is 1. The number of para-hydroxylation sites is 1. The van der Waals surface area contributed by atoms with Gasteiger partial charge in [0.2, 0.25) is 5.75 Å². The van der Waals surface area contributed by atoms with Crippen LogP contribution in [0.15, 0.2) is 18.2 Å². The van der Waals surface area contributed by atoms with Crippen LogP contribution in [0.25, 0.3) is 0 Å². The minimum atomic E-state index is -0.567. The summed E-state index contributed by atoms with van der Waals surface area (Å²) in [5, 5.41) is 7.99. The van der Waals surface area contributed by atoms with Crippen LogP contribution < -0.4 is 14.2 Å². The maximum atomic E-state index is 9.94. The number of carbonyl (C=O) groups excluding carboxylic acids is 1. The van der Waals surface area contributed by atoms with Crippen LogP contribution in [0.5, 0.6) is 17.2 Å². The van der Waals surface area contributed by atoms with Crippen molar-refractivity contribution in [3.05, 3.63) is 18.2 Å². The SMILES string of the molecule is CCOC(=O)CO.COCCOc1cccc(OC)c1OCCOC. The Bertz CT molecular complexity index is 464. The Balaban J connectivity index is 0.000000697. The van der Waals surface area contributed by atoms with Crippen LogP contribution >= 0.6 is 0 Å². The van der Waals surface area contributed by atoms with Crippen molar-refractivity contribution in [2.75, 3.05) is 61.0 Å². The molecule has 25 heavy (non-hydrogen) atoms. The fourth-order valence-electron chi connectivity index (χ4n) is 1.58. The van der Waals surface area contributed by atoms with Crippen LogP contribution in [-0.2, 0) is 19.0 Å². The van der Waals surface area contributed by atoms with Crippen LogP contribution in [0.4, 0.5) is 0 Å². The van der Waals surface area contributed by atoms with Crippen molar-refractivity contribution in [1.29, 1.82) is 0 Å². The summed E-state index contributed by atoms with van der Waals surface area (Å²) in [7, 11) is 4.85. The first-order valence-electron chi connectivity index (χ1n) is 7.81. The Labute approximate surface area is 148 Å². The molecule has 0 saturated heterocycles. The molecule has 0 fully saturated rings. The molecule has 0 spiro atoms. The van der Waals surface area contributed by atoms with E-state index in [0.717, 1.165) is 0 Å². The lowest BCUT2D eigenvalue weighted by Crippen LogP contribution is -2.09. The molecule has 1 aromatic carbocycles. The van der Waals surface area contributed by atoms with Gasteiger partial charge in [-0.3, -0.25) is 0 Å². The summed E-state index contributed by atoms with van der Waals surface area (Å²) in [6, 6.07) is 5.51. The summed E-state index contributed by atoms with van der Waals surface area (Å²) in [4.78, 5) is 9.94. The highest BCUT2D eigenvalue weighted by Crippen LogP contribution is 2.36. The molecule has 0 aromatic heterocycles. The van der Waals surface area contributed by atoms with Crippen LogP contribution in [0.3, 0.4) is 0 Å². The lowest BCUT2D eigenvalue weighted by atomic mass is 10.3. The molecule has 0 unspecified atom stereocenters. The number of ether oxygens (including phenoxy) is 6. The van der Waals surface area contributed by atoms with Gasteiger partial charge in [0.15, 0.2) is 11.5 Å². The highest BCUT2D eigenvalue weighted by atomic mass is 16.6. The van der Waals surface area contributed by atoms with Gasteiger partial charge in [0, 0.05) is 14.2 Å². The van der Waals surface area contributed by atoms with Crippen molar-refractivity contribution in [3.63, 3.8) is 0 Å². The van der Waals surface area contributed by atoms with Crippen LogP contribution in [-0.4, -0.2) is 72.0 Å². The lowest BCUT2D eigenvalue weighted by molar-refractivity contribution is -0.146. The number of rotatable bonds is 11. The van der Waals surface area contributed by atoms with Crippen molar-refractivity contribution < 1.29 is 38.3 Å². The zero-order valence-electron chi connectivity index (χ0n) is 15.3. The second-order valence-corrected chi connectivity index (χ2v) is 4.43. The van der Waals surface area contributed by atoms with Gasteiger partial charge in [-0.05, 0) is 19.1 Å². The van der Waals surface area contributed by atoms with Gasteiger partial charge in [0.1, 0.15) is 19.8 Å². The highest BCUT2D eigenvalue weighted by molar-refractivity contribution is 5.70. The molecular weight excluding hydrogens is 332 g/mol. The predicted octanol–water partition coefficient (Wildman–Crippen LogP) is 1.29. The average Bonchev–Trinajstić information content (AvgIpc) is 2.63. The highest BCUT2D eigenvalue weighted by Gasteiger charge is 2.11. The van der Waals surface area contributed by atoms with Crippen molar-refractivity contribution in [2.24, 2.45) is 0 Å². The van der Waals surface area contributed by atoms with Gasteiger partial charge in [-0.25, -0.2) is 4.79 Å². The molecule has 0 bridgehead atoms. The third kappa shape index (κ3) is 10.4. The number of aliphatic hydroxyl groups is 1. The number of benzene rings is 1. The van der Waals surface area contributed by atoms with E-state index >= 15 is 0 Å². The summed E-state index contributed by atoms with van der Waals surface area (Å²) in [6.07, 6.45) is 0. The number of methoxy groups -OCH3 is 3. The average molecular weight is 360 g/mol. The molecule has 0 aliphatic carbocycles. The van der Waals surface area contributed by atoms with Crippen molar-refractivity contribution in [2.45, 2.75) is 6.92 Å². The van der Waals surface area contributed by atoms with E-state index in [1.807, 2.05) is 18.2 Å². The van der Waals surface area contributed by atoms with Crippen molar-refractivity contribution in [1.82, 2.24) is 0 Å². The Hall–Kier alpha value is -2.03.